The first-order valence-corrected chi connectivity index (χ1v) is 6.26. The first-order chi connectivity index (χ1) is 8.99. The highest BCUT2D eigenvalue weighted by molar-refractivity contribution is 5.96. The summed E-state index contributed by atoms with van der Waals surface area (Å²) in [4.78, 5) is 22.8. The van der Waals surface area contributed by atoms with Gasteiger partial charge < -0.3 is 15.4 Å². The predicted molar refractivity (Wildman–Crippen MR) is 74.6 cm³/mol. The Balaban J connectivity index is 2.40. The number of ketones is 1. The maximum Gasteiger partial charge on any atom is 0.319 e. The maximum atomic E-state index is 11.6. The Bertz CT molecular complexity index is 444. The summed E-state index contributed by atoms with van der Waals surface area (Å²) in [7, 11) is 0. The molecule has 0 unspecified atom stereocenters. The van der Waals surface area contributed by atoms with Crippen LogP contribution in [0.5, 0.6) is 0 Å². The molecule has 1 aromatic rings. The molecule has 0 spiro atoms. The average molecular weight is 264 g/mol. The zero-order valence-electron chi connectivity index (χ0n) is 11.5. The fourth-order valence-corrected chi connectivity index (χ4v) is 1.45. The second-order valence-corrected chi connectivity index (χ2v) is 4.44. The Morgan fingerprint density at radius 1 is 1.32 bits per heavy atom. The first-order valence-electron chi connectivity index (χ1n) is 6.26. The summed E-state index contributed by atoms with van der Waals surface area (Å²) in [6.45, 7) is 6.28. The Morgan fingerprint density at radius 2 is 2.05 bits per heavy atom. The van der Waals surface area contributed by atoms with Crippen LogP contribution in [0.2, 0.25) is 0 Å². The first kappa shape index (κ1) is 15.2. The molecule has 0 saturated carbocycles. The number of hydrogen-bond acceptors (Lipinski definition) is 3. The van der Waals surface area contributed by atoms with Crippen molar-refractivity contribution >= 4 is 17.5 Å². The van der Waals surface area contributed by atoms with Crippen LogP contribution in [0.15, 0.2) is 24.3 Å². The van der Waals surface area contributed by atoms with Crippen molar-refractivity contribution in [2.24, 2.45) is 0 Å². The summed E-state index contributed by atoms with van der Waals surface area (Å²) in [6.07, 6.45) is 0.150. The molecule has 0 radical (unpaired) electrons. The monoisotopic (exact) mass is 264 g/mol. The Labute approximate surface area is 113 Å². The van der Waals surface area contributed by atoms with Gasteiger partial charge in [-0.1, -0.05) is 12.1 Å². The molecule has 0 bridgehead atoms. The molecule has 0 aromatic heterocycles. The molecular formula is C14H20N2O3. The zero-order valence-corrected chi connectivity index (χ0v) is 11.5. The van der Waals surface area contributed by atoms with E-state index in [-0.39, 0.29) is 17.9 Å². The predicted octanol–water partition coefficient (Wildman–Crippen LogP) is 2.44. The van der Waals surface area contributed by atoms with Crippen LogP contribution >= 0.6 is 0 Å². The Kier molecular flexibility index (Phi) is 6.02. The Hall–Kier alpha value is -1.88. The van der Waals surface area contributed by atoms with Gasteiger partial charge in [0.2, 0.25) is 0 Å². The highest BCUT2D eigenvalue weighted by Gasteiger charge is 2.04. The van der Waals surface area contributed by atoms with E-state index in [1.54, 1.807) is 24.3 Å². The minimum absolute atomic E-state index is 0.0330. The number of urea groups is 1. The van der Waals surface area contributed by atoms with Crippen LogP contribution in [-0.2, 0) is 4.74 Å². The van der Waals surface area contributed by atoms with Gasteiger partial charge in [-0.15, -0.1) is 0 Å². The van der Waals surface area contributed by atoms with Crippen molar-refractivity contribution in [3.63, 3.8) is 0 Å². The van der Waals surface area contributed by atoms with E-state index < -0.39 is 0 Å². The minimum Gasteiger partial charge on any atom is -0.377 e. The van der Waals surface area contributed by atoms with E-state index in [1.807, 2.05) is 13.8 Å². The van der Waals surface area contributed by atoms with Crippen LogP contribution in [0.4, 0.5) is 10.5 Å². The fourth-order valence-electron chi connectivity index (χ4n) is 1.45. The van der Waals surface area contributed by atoms with Gasteiger partial charge in [-0.3, -0.25) is 4.79 Å². The molecule has 2 amide bonds. The lowest BCUT2D eigenvalue weighted by Crippen LogP contribution is -2.32. The summed E-state index contributed by atoms with van der Waals surface area (Å²) in [6, 6.07) is 6.51. The number of benzene rings is 1. The summed E-state index contributed by atoms with van der Waals surface area (Å²) < 4.78 is 5.31. The van der Waals surface area contributed by atoms with Gasteiger partial charge in [-0.25, -0.2) is 4.79 Å². The highest BCUT2D eigenvalue weighted by Crippen LogP contribution is 2.10. The number of amides is 2. The van der Waals surface area contributed by atoms with Crippen molar-refractivity contribution in [2.75, 3.05) is 18.5 Å². The van der Waals surface area contributed by atoms with Gasteiger partial charge in [0, 0.05) is 17.8 Å². The number of carbonyl (C=O) groups is 2. The molecule has 2 N–H and O–H groups in total. The Morgan fingerprint density at radius 3 is 2.68 bits per heavy atom. The number of nitrogens with one attached hydrogen (secondary N) is 2. The van der Waals surface area contributed by atoms with Gasteiger partial charge in [-0.2, -0.15) is 0 Å². The van der Waals surface area contributed by atoms with Gasteiger partial charge in [0.05, 0.1) is 12.7 Å². The van der Waals surface area contributed by atoms with E-state index in [0.29, 0.717) is 24.4 Å². The zero-order chi connectivity index (χ0) is 14.3. The minimum atomic E-state index is -0.312. The number of Topliss-reactive ketones (excluding diaryl/α,β-unsaturated/α-hetero) is 1. The van der Waals surface area contributed by atoms with Crippen molar-refractivity contribution in [3.05, 3.63) is 29.8 Å². The largest absolute Gasteiger partial charge is 0.377 e. The molecule has 0 heterocycles. The van der Waals surface area contributed by atoms with E-state index in [1.165, 1.54) is 6.92 Å². The molecule has 5 heteroatoms. The molecule has 19 heavy (non-hydrogen) atoms. The number of hydrogen-bond donors (Lipinski definition) is 2. The molecule has 104 valence electrons. The fraction of sp³-hybridized carbons (Fsp3) is 0.429. The maximum absolute atomic E-state index is 11.6. The number of rotatable bonds is 6. The normalized spacial score (nSPS) is 10.3. The molecule has 1 aromatic carbocycles. The summed E-state index contributed by atoms with van der Waals surface area (Å²) >= 11 is 0. The van der Waals surface area contributed by atoms with Crippen molar-refractivity contribution in [1.29, 1.82) is 0 Å². The van der Waals surface area contributed by atoms with E-state index in [4.69, 9.17) is 4.74 Å². The summed E-state index contributed by atoms with van der Waals surface area (Å²) in [5, 5.41) is 5.34. The molecule has 0 aliphatic rings. The lowest BCUT2D eigenvalue weighted by atomic mass is 10.1. The van der Waals surface area contributed by atoms with Gasteiger partial charge in [0.1, 0.15) is 0 Å². The van der Waals surface area contributed by atoms with E-state index in [2.05, 4.69) is 10.6 Å². The van der Waals surface area contributed by atoms with Crippen LogP contribution < -0.4 is 10.6 Å². The van der Waals surface area contributed by atoms with E-state index in [0.717, 1.165) is 0 Å². The van der Waals surface area contributed by atoms with Crippen molar-refractivity contribution in [3.8, 4) is 0 Å². The van der Waals surface area contributed by atoms with Crippen LogP contribution in [-0.4, -0.2) is 31.1 Å². The molecular weight excluding hydrogens is 244 g/mol. The molecule has 0 aliphatic heterocycles. The topological polar surface area (TPSA) is 67.4 Å². The van der Waals surface area contributed by atoms with Gasteiger partial charge in [0.25, 0.3) is 0 Å². The van der Waals surface area contributed by atoms with Gasteiger partial charge in [-0.05, 0) is 32.9 Å². The number of carbonyl (C=O) groups excluding carboxylic acids is 2. The highest BCUT2D eigenvalue weighted by atomic mass is 16.5. The molecule has 0 fully saturated rings. The van der Waals surface area contributed by atoms with Crippen molar-refractivity contribution in [1.82, 2.24) is 5.32 Å². The van der Waals surface area contributed by atoms with E-state index in [9.17, 15) is 9.59 Å². The van der Waals surface area contributed by atoms with Crippen LogP contribution in [0.25, 0.3) is 0 Å². The lowest BCUT2D eigenvalue weighted by Gasteiger charge is -2.10. The second kappa shape index (κ2) is 7.53. The molecule has 0 atom stereocenters. The third-order valence-electron chi connectivity index (χ3n) is 2.37. The smallest absolute Gasteiger partial charge is 0.319 e. The van der Waals surface area contributed by atoms with Crippen LogP contribution in [0, 0.1) is 0 Å². The summed E-state index contributed by atoms with van der Waals surface area (Å²) in [5.41, 5.74) is 1.16. The molecule has 0 saturated heterocycles. The van der Waals surface area contributed by atoms with E-state index >= 15 is 0 Å². The second-order valence-electron chi connectivity index (χ2n) is 4.44. The molecule has 5 nitrogen and oxygen atoms in total. The number of anilines is 1. The number of ether oxygens (including phenoxy) is 1. The van der Waals surface area contributed by atoms with Gasteiger partial charge >= 0.3 is 6.03 Å². The van der Waals surface area contributed by atoms with Crippen LogP contribution in [0.1, 0.15) is 31.1 Å². The summed E-state index contributed by atoms with van der Waals surface area (Å²) in [5.74, 6) is -0.0330. The third kappa shape index (κ3) is 6.01. The standard InChI is InChI=1S/C14H20N2O3/c1-10(2)19-8-7-15-14(18)16-13-6-4-5-12(9-13)11(3)17/h4-6,9-10H,7-8H2,1-3H3,(H2,15,16,18). The molecule has 0 aliphatic carbocycles. The quantitative estimate of drug-likeness (QED) is 0.612. The van der Waals surface area contributed by atoms with Crippen molar-refractivity contribution in [2.45, 2.75) is 26.9 Å². The average Bonchev–Trinajstić information content (AvgIpc) is 2.34. The van der Waals surface area contributed by atoms with Gasteiger partial charge in [0.15, 0.2) is 5.78 Å². The lowest BCUT2D eigenvalue weighted by molar-refractivity contribution is 0.0820. The SMILES string of the molecule is CC(=O)c1cccc(NC(=O)NCCOC(C)C)c1. The molecule has 1 rings (SSSR count). The van der Waals surface area contributed by atoms with Crippen molar-refractivity contribution < 1.29 is 14.3 Å². The van der Waals surface area contributed by atoms with Crippen LogP contribution in [0.3, 0.4) is 0 Å². The third-order valence-corrected chi connectivity index (χ3v) is 2.37.